The molecule has 5 aliphatic rings. The Morgan fingerprint density at radius 2 is 1.86 bits per heavy atom. The van der Waals surface area contributed by atoms with Crippen LogP contribution in [0.25, 0.3) is 10.9 Å². The van der Waals surface area contributed by atoms with Crippen molar-refractivity contribution in [3.8, 4) is 0 Å². The SMILES string of the molecule is CC(C)C[C@@H](B1O[C@@H]2C[C@@H]3C[C@@H](C3(C)C)[C@]2(C)O1)N1OC(Cc2ccccc2)CC1CNC(=O)c1n[nH]c2ccccc12. The van der Waals surface area contributed by atoms with Crippen molar-refractivity contribution in [3.05, 3.63) is 65.9 Å². The Labute approximate surface area is 255 Å². The van der Waals surface area contributed by atoms with Gasteiger partial charge in [-0.3, -0.25) is 14.7 Å². The van der Waals surface area contributed by atoms with Crippen molar-refractivity contribution in [2.45, 2.75) is 96.5 Å². The predicted molar refractivity (Wildman–Crippen MR) is 167 cm³/mol. The molecule has 2 N–H and O–H groups in total. The molecule has 3 aromatic rings. The molecule has 3 aliphatic carbocycles. The third-order valence-corrected chi connectivity index (χ3v) is 11.0. The maximum atomic E-state index is 13.4. The summed E-state index contributed by atoms with van der Waals surface area (Å²) in [6.07, 6.45) is 4.87. The minimum absolute atomic E-state index is 0.00353. The van der Waals surface area contributed by atoms with Gasteiger partial charge >= 0.3 is 7.12 Å². The largest absolute Gasteiger partial charge is 0.478 e. The molecule has 5 fully saturated rings. The first-order valence-corrected chi connectivity index (χ1v) is 16.2. The lowest BCUT2D eigenvalue weighted by atomic mass is 9.43. The fourth-order valence-corrected chi connectivity index (χ4v) is 8.54. The van der Waals surface area contributed by atoms with Crippen molar-refractivity contribution in [2.75, 3.05) is 6.54 Å². The fraction of sp³-hybridized carbons (Fsp3) is 0.588. The van der Waals surface area contributed by atoms with E-state index in [0.29, 0.717) is 30.0 Å². The average Bonchev–Trinajstić information content (AvgIpc) is 3.69. The molecule has 9 heteroatoms. The van der Waals surface area contributed by atoms with E-state index < -0.39 is 0 Å². The van der Waals surface area contributed by atoms with Gasteiger partial charge in [-0.05, 0) is 67.4 Å². The van der Waals surface area contributed by atoms with Gasteiger partial charge in [0, 0.05) is 18.4 Å². The number of aromatic amines is 1. The molecule has 2 unspecified atom stereocenters. The zero-order valence-electron chi connectivity index (χ0n) is 26.1. The maximum Gasteiger partial charge on any atom is 0.478 e. The summed E-state index contributed by atoms with van der Waals surface area (Å²) in [5.41, 5.74) is 2.51. The van der Waals surface area contributed by atoms with Crippen LogP contribution < -0.4 is 5.32 Å². The van der Waals surface area contributed by atoms with Crippen molar-refractivity contribution in [1.82, 2.24) is 20.6 Å². The lowest BCUT2D eigenvalue weighted by Gasteiger charge is -2.64. The van der Waals surface area contributed by atoms with Gasteiger partial charge in [-0.25, -0.2) is 0 Å². The summed E-state index contributed by atoms with van der Waals surface area (Å²) < 4.78 is 13.8. The number of carbonyl (C=O) groups excluding carboxylic acids is 1. The second-order valence-electron chi connectivity index (χ2n) is 14.5. The minimum Gasteiger partial charge on any atom is -0.404 e. The van der Waals surface area contributed by atoms with E-state index in [1.54, 1.807) is 0 Å². The Morgan fingerprint density at radius 1 is 1.09 bits per heavy atom. The van der Waals surface area contributed by atoms with E-state index in [4.69, 9.17) is 14.1 Å². The van der Waals surface area contributed by atoms with E-state index in [1.165, 1.54) is 12.0 Å². The highest BCUT2D eigenvalue weighted by Crippen LogP contribution is 2.66. The summed E-state index contributed by atoms with van der Waals surface area (Å²) in [6, 6.07) is 18.2. The van der Waals surface area contributed by atoms with Crippen molar-refractivity contribution in [1.29, 1.82) is 0 Å². The normalized spacial score (nSPS) is 32.1. The molecule has 228 valence electrons. The fourth-order valence-electron chi connectivity index (χ4n) is 8.54. The van der Waals surface area contributed by atoms with E-state index in [9.17, 15) is 4.79 Å². The van der Waals surface area contributed by atoms with E-state index in [0.717, 1.165) is 36.6 Å². The van der Waals surface area contributed by atoms with Gasteiger partial charge in [0.15, 0.2) is 5.69 Å². The van der Waals surface area contributed by atoms with E-state index >= 15 is 0 Å². The van der Waals surface area contributed by atoms with Crippen molar-refractivity contribution in [2.24, 2.45) is 23.2 Å². The van der Waals surface area contributed by atoms with Crippen LogP contribution in [-0.4, -0.2) is 64.6 Å². The first kappa shape index (κ1) is 29.0. The third-order valence-electron chi connectivity index (χ3n) is 11.0. The number of amides is 1. The number of hydrogen-bond donors (Lipinski definition) is 2. The van der Waals surface area contributed by atoms with Gasteiger partial charge in [-0.1, -0.05) is 76.2 Å². The van der Waals surface area contributed by atoms with Crippen molar-refractivity contribution >= 4 is 23.9 Å². The van der Waals surface area contributed by atoms with Crippen LogP contribution in [-0.2, 0) is 20.6 Å². The predicted octanol–water partition coefficient (Wildman–Crippen LogP) is 5.59. The number of nitrogens with zero attached hydrogens (tertiary/aromatic N) is 2. The molecule has 1 amide bonds. The van der Waals surface area contributed by atoms with E-state index in [1.807, 2.05) is 30.3 Å². The zero-order chi connectivity index (χ0) is 29.9. The Balaban J connectivity index is 1.13. The maximum absolute atomic E-state index is 13.4. The molecule has 0 radical (unpaired) electrons. The number of para-hydroxylation sites is 1. The molecule has 3 saturated carbocycles. The summed E-state index contributed by atoms with van der Waals surface area (Å²) in [7, 11) is -0.378. The van der Waals surface area contributed by atoms with E-state index in [-0.39, 0.29) is 48.2 Å². The summed E-state index contributed by atoms with van der Waals surface area (Å²) in [4.78, 5) is 20.2. The number of nitrogens with one attached hydrogen (secondary N) is 2. The number of carbonyl (C=O) groups is 1. The number of hydroxylamine groups is 2. The number of hydrogen-bond acceptors (Lipinski definition) is 6. The Kier molecular flexibility index (Phi) is 7.44. The molecular weight excluding hydrogens is 539 g/mol. The molecule has 3 heterocycles. The molecule has 8 nitrogen and oxygen atoms in total. The quantitative estimate of drug-likeness (QED) is 0.319. The highest BCUT2D eigenvalue weighted by atomic mass is 16.7. The summed E-state index contributed by atoms with van der Waals surface area (Å²) in [5.74, 6) is 1.34. The monoisotopic (exact) mass is 584 g/mol. The van der Waals surface area contributed by atoms with Crippen molar-refractivity contribution < 1.29 is 18.9 Å². The van der Waals surface area contributed by atoms with Crippen molar-refractivity contribution in [3.63, 3.8) is 0 Å². The van der Waals surface area contributed by atoms with Gasteiger partial charge in [0.05, 0.1) is 35.3 Å². The number of benzene rings is 2. The van der Waals surface area contributed by atoms with Crippen LogP contribution in [0.2, 0.25) is 0 Å². The Morgan fingerprint density at radius 3 is 2.63 bits per heavy atom. The first-order chi connectivity index (χ1) is 20.6. The van der Waals surface area contributed by atoms with Crippen LogP contribution in [0.15, 0.2) is 54.6 Å². The lowest BCUT2D eigenvalue weighted by molar-refractivity contribution is -0.200. The van der Waals surface area contributed by atoms with Gasteiger partial charge in [-0.2, -0.15) is 10.2 Å². The zero-order valence-corrected chi connectivity index (χ0v) is 26.1. The van der Waals surface area contributed by atoms with Gasteiger partial charge in [0.1, 0.15) is 0 Å². The molecule has 8 rings (SSSR count). The molecule has 7 atom stereocenters. The average molecular weight is 585 g/mol. The van der Waals surface area contributed by atoms with Crippen LogP contribution in [0.5, 0.6) is 0 Å². The Hall–Kier alpha value is -2.72. The summed E-state index contributed by atoms with van der Waals surface area (Å²) in [6.45, 7) is 12.0. The third kappa shape index (κ3) is 5.12. The number of aromatic nitrogens is 2. The first-order valence-electron chi connectivity index (χ1n) is 16.2. The second-order valence-corrected chi connectivity index (χ2v) is 14.5. The molecule has 1 aromatic heterocycles. The molecule has 0 spiro atoms. The van der Waals surface area contributed by atoms with Gasteiger partial charge < -0.3 is 14.6 Å². The molecule has 2 aliphatic heterocycles. The smallest absolute Gasteiger partial charge is 0.404 e. The van der Waals surface area contributed by atoms with Crippen LogP contribution in [0.1, 0.15) is 76.4 Å². The topological polar surface area (TPSA) is 88.7 Å². The highest BCUT2D eigenvalue weighted by Gasteiger charge is 2.69. The van der Waals surface area contributed by atoms with Crippen LogP contribution in [0.4, 0.5) is 0 Å². The summed E-state index contributed by atoms with van der Waals surface area (Å²) >= 11 is 0. The van der Waals surface area contributed by atoms with Crippen LogP contribution >= 0.6 is 0 Å². The number of rotatable bonds is 9. The van der Waals surface area contributed by atoms with Crippen LogP contribution in [0, 0.1) is 23.2 Å². The summed E-state index contributed by atoms with van der Waals surface area (Å²) in [5, 5.41) is 13.4. The molecular formula is C34H45BN4O4. The second kappa shape index (κ2) is 11.0. The highest BCUT2D eigenvalue weighted by molar-refractivity contribution is 6.47. The van der Waals surface area contributed by atoms with E-state index in [2.05, 4.69) is 79.5 Å². The standard InChI is InChI=1S/C34H45BN4O4/c1-21(2)15-30(35-41-29-18-23-17-28(33(23,3)4)34(29,5)43-35)39-24(19-25(42-39)16-22-11-7-6-8-12-22)20-36-32(40)31-26-13-9-10-14-27(26)37-38-31/h6-14,21,23-25,28-30H,15-20H2,1-5H3,(H,36,40)(H,37,38)/t23-,24?,25?,28-,29+,30-,34-/m0/s1. The van der Waals surface area contributed by atoms with Gasteiger partial charge in [0.2, 0.25) is 0 Å². The lowest BCUT2D eigenvalue weighted by Crippen LogP contribution is -2.65. The molecule has 2 bridgehead atoms. The minimum atomic E-state index is -0.378. The molecule has 43 heavy (non-hydrogen) atoms. The number of H-pyrrole nitrogens is 1. The molecule has 2 saturated heterocycles. The van der Waals surface area contributed by atoms with Crippen LogP contribution in [0.3, 0.4) is 0 Å². The Bertz CT molecular complexity index is 1460. The number of fused-ring (bicyclic) bond motifs is 1. The van der Waals surface area contributed by atoms with Gasteiger partial charge in [-0.15, -0.1) is 0 Å². The molecule has 2 aromatic carbocycles. The van der Waals surface area contributed by atoms with Gasteiger partial charge in [0.25, 0.3) is 5.91 Å².